The number of hydrogen-bond donors (Lipinski definition) is 1. The van der Waals surface area contributed by atoms with Crippen molar-refractivity contribution < 1.29 is 12.8 Å². The second-order valence-electron chi connectivity index (χ2n) is 3.67. The van der Waals surface area contributed by atoms with Gasteiger partial charge in [-0.1, -0.05) is 5.92 Å². The fourth-order valence-electron chi connectivity index (χ4n) is 0.983. The second kappa shape index (κ2) is 4.20. The normalized spacial score (nSPS) is 12.1. The van der Waals surface area contributed by atoms with Gasteiger partial charge in [-0.05, 0) is 26.0 Å². The predicted octanol–water partition coefficient (Wildman–Crippen LogP) is 0.911. The van der Waals surface area contributed by atoms with Gasteiger partial charge in [0.2, 0.25) is 5.03 Å². The molecule has 1 N–H and O–H groups in total. The molecule has 1 heterocycles. The van der Waals surface area contributed by atoms with Crippen LogP contribution in [0.5, 0.6) is 0 Å². The summed E-state index contributed by atoms with van der Waals surface area (Å²) >= 11 is 0. The summed E-state index contributed by atoms with van der Waals surface area (Å²) in [6.07, 6.45) is 6.33. The Labute approximate surface area is 94.0 Å². The molecule has 0 spiro atoms. The molecule has 0 saturated heterocycles. The molecule has 0 fully saturated rings. The van der Waals surface area contributed by atoms with Gasteiger partial charge in [-0.15, -0.1) is 6.42 Å². The van der Waals surface area contributed by atoms with E-state index in [1.165, 1.54) is 26.1 Å². The molecule has 1 aromatic rings. The SMILES string of the molecule is C#CC(C)(C)NS(=O)(=O)c1ncccc1F. The van der Waals surface area contributed by atoms with Gasteiger partial charge in [-0.2, -0.15) is 4.72 Å². The maximum absolute atomic E-state index is 13.2. The zero-order valence-corrected chi connectivity index (χ0v) is 9.68. The Hall–Kier alpha value is -1.45. The number of pyridine rings is 1. The zero-order chi connectivity index (χ0) is 12.4. The highest BCUT2D eigenvalue weighted by Gasteiger charge is 2.27. The van der Waals surface area contributed by atoms with E-state index in [0.29, 0.717) is 0 Å². The van der Waals surface area contributed by atoms with E-state index in [4.69, 9.17) is 6.42 Å². The second-order valence-corrected chi connectivity index (χ2v) is 5.26. The number of terminal acetylenes is 1. The number of rotatable bonds is 3. The Kier molecular flexibility index (Phi) is 3.31. The first kappa shape index (κ1) is 12.6. The van der Waals surface area contributed by atoms with Crippen molar-refractivity contribution in [2.24, 2.45) is 0 Å². The first-order valence-electron chi connectivity index (χ1n) is 4.41. The Morgan fingerprint density at radius 3 is 2.69 bits per heavy atom. The van der Waals surface area contributed by atoms with E-state index < -0.39 is 26.4 Å². The van der Waals surface area contributed by atoms with Crippen molar-refractivity contribution in [1.29, 1.82) is 0 Å². The summed E-state index contributed by atoms with van der Waals surface area (Å²) in [7, 11) is -4.04. The Morgan fingerprint density at radius 2 is 2.19 bits per heavy atom. The van der Waals surface area contributed by atoms with Crippen LogP contribution in [0.4, 0.5) is 4.39 Å². The summed E-state index contributed by atoms with van der Waals surface area (Å²) in [5, 5.41) is -0.654. The highest BCUT2D eigenvalue weighted by molar-refractivity contribution is 7.89. The Balaban J connectivity index is 3.16. The topological polar surface area (TPSA) is 59.1 Å². The van der Waals surface area contributed by atoms with Gasteiger partial charge in [-0.25, -0.2) is 17.8 Å². The van der Waals surface area contributed by atoms with Crippen LogP contribution in [0.25, 0.3) is 0 Å². The van der Waals surface area contributed by atoms with Crippen LogP contribution in [0, 0.1) is 18.2 Å². The summed E-state index contributed by atoms with van der Waals surface area (Å²) < 4.78 is 38.8. The van der Waals surface area contributed by atoms with Crippen molar-refractivity contribution >= 4 is 10.0 Å². The summed E-state index contributed by atoms with van der Waals surface area (Å²) in [4.78, 5) is 3.47. The van der Waals surface area contributed by atoms with E-state index >= 15 is 0 Å². The highest BCUT2D eigenvalue weighted by atomic mass is 32.2. The molecule has 0 aliphatic carbocycles. The molecule has 6 heteroatoms. The standard InChI is InChI=1S/C10H11FN2O2S/c1-4-10(2,3)13-16(14,15)9-8(11)6-5-7-12-9/h1,5-7,13H,2-3H3. The van der Waals surface area contributed by atoms with E-state index in [1.54, 1.807) is 0 Å². The van der Waals surface area contributed by atoms with Crippen LogP contribution in [-0.2, 0) is 10.0 Å². The Bertz CT molecular complexity index is 532. The minimum atomic E-state index is -4.04. The third kappa shape index (κ3) is 2.78. The van der Waals surface area contributed by atoms with E-state index in [0.717, 1.165) is 6.07 Å². The average Bonchev–Trinajstić information content (AvgIpc) is 2.16. The highest BCUT2D eigenvalue weighted by Crippen LogP contribution is 2.13. The van der Waals surface area contributed by atoms with E-state index in [1.807, 2.05) is 0 Å². The van der Waals surface area contributed by atoms with E-state index in [-0.39, 0.29) is 0 Å². The summed E-state index contributed by atoms with van der Waals surface area (Å²) in [6, 6.07) is 2.32. The maximum atomic E-state index is 13.2. The molecule has 86 valence electrons. The summed E-state index contributed by atoms with van der Waals surface area (Å²) in [5.74, 6) is 1.33. The maximum Gasteiger partial charge on any atom is 0.262 e. The average molecular weight is 242 g/mol. The van der Waals surface area contributed by atoms with Crippen molar-refractivity contribution in [1.82, 2.24) is 9.71 Å². The van der Waals surface area contributed by atoms with Crippen molar-refractivity contribution in [3.8, 4) is 12.3 Å². The van der Waals surface area contributed by atoms with Gasteiger partial charge >= 0.3 is 0 Å². The largest absolute Gasteiger partial charge is 0.262 e. The number of nitrogens with one attached hydrogen (secondary N) is 1. The quantitative estimate of drug-likeness (QED) is 0.801. The molecule has 4 nitrogen and oxygen atoms in total. The molecule has 1 aromatic heterocycles. The van der Waals surface area contributed by atoms with Gasteiger partial charge < -0.3 is 0 Å². The van der Waals surface area contributed by atoms with Gasteiger partial charge in [0, 0.05) is 6.20 Å². The molecule has 16 heavy (non-hydrogen) atoms. The van der Waals surface area contributed by atoms with Crippen molar-refractivity contribution in [2.75, 3.05) is 0 Å². The van der Waals surface area contributed by atoms with Crippen molar-refractivity contribution in [2.45, 2.75) is 24.4 Å². The molecule has 0 saturated carbocycles. The molecular weight excluding hydrogens is 231 g/mol. The number of nitrogens with zero attached hydrogens (tertiary/aromatic N) is 1. The molecule has 0 unspecified atom stereocenters. The lowest BCUT2D eigenvalue weighted by Crippen LogP contribution is -2.42. The summed E-state index contributed by atoms with van der Waals surface area (Å²) in [6.45, 7) is 2.98. The molecule has 0 amide bonds. The van der Waals surface area contributed by atoms with E-state index in [2.05, 4.69) is 15.6 Å². The van der Waals surface area contributed by atoms with Gasteiger partial charge in [0.05, 0.1) is 5.54 Å². The number of aromatic nitrogens is 1. The lowest BCUT2D eigenvalue weighted by atomic mass is 10.1. The van der Waals surface area contributed by atoms with Gasteiger partial charge in [0.1, 0.15) is 0 Å². The number of halogens is 1. The zero-order valence-electron chi connectivity index (χ0n) is 8.86. The third-order valence-electron chi connectivity index (χ3n) is 1.73. The first-order chi connectivity index (χ1) is 7.28. The first-order valence-corrected chi connectivity index (χ1v) is 5.89. The third-order valence-corrected chi connectivity index (χ3v) is 3.32. The van der Waals surface area contributed by atoms with Gasteiger partial charge in [0.25, 0.3) is 10.0 Å². The fraction of sp³-hybridized carbons (Fsp3) is 0.300. The van der Waals surface area contributed by atoms with Gasteiger partial charge in [-0.3, -0.25) is 0 Å². The van der Waals surface area contributed by atoms with Crippen LogP contribution in [0.1, 0.15) is 13.8 Å². The van der Waals surface area contributed by atoms with Crippen LogP contribution in [-0.4, -0.2) is 18.9 Å². The number of hydrogen-bond acceptors (Lipinski definition) is 3. The molecule has 0 radical (unpaired) electrons. The van der Waals surface area contributed by atoms with Crippen LogP contribution in [0.2, 0.25) is 0 Å². The van der Waals surface area contributed by atoms with E-state index in [9.17, 15) is 12.8 Å². The molecule has 0 atom stereocenters. The smallest absolute Gasteiger partial charge is 0.241 e. The lowest BCUT2D eigenvalue weighted by Gasteiger charge is -2.18. The fourth-order valence-corrected chi connectivity index (χ4v) is 2.33. The van der Waals surface area contributed by atoms with Gasteiger partial charge in [0.15, 0.2) is 5.82 Å². The molecule has 0 aliphatic rings. The predicted molar refractivity (Wildman–Crippen MR) is 57.4 cm³/mol. The molecule has 0 aliphatic heterocycles. The molecule has 0 bridgehead atoms. The number of sulfonamides is 1. The van der Waals surface area contributed by atoms with Crippen LogP contribution in [0.3, 0.4) is 0 Å². The lowest BCUT2D eigenvalue weighted by molar-refractivity contribution is 0.518. The van der Waals surface area contributed by atoms with Crippen molar-refractivity contribution in [3.05, 3.63) is 24.1 Å². The molecule has 1 rings (SSSR count). The van der Waals surface area contributed by atoms with Crippen LogP contribution >= 0.6 is 0 Å². The van der Waals surface area contributed by atoms with Crippen molar-refractivity contribution in [3.63, 3.8) is 0 Å². The van der Waals surface area contributed by atoms with Crippen LogP contribution in [0.15, 0.2) is 23.4 Å². The van der Waals surface area contributed by atoms with Crippen LogP contribution < -0.4 is 4.72 Å². The Morgan fingerprint density at radius 1 is 1.56 bits per heavy atom. The molecule has 0 aromatic carbocycles. The minimum absolute atomic E-state index is 0.654. The summed E-state index contributed by atoms with van der Waals surface area (Å²) in [5.41, 5.74) is -1.09. The minimum Gasteiger partial charge on any atom is -0.241 e. The molecular formula is C10H11FN2O2S. The monoisotopic (exact) mass is 242 g/mol.